The largest absolute Gasteiger partial charge is 0.494 e. The van der Waals surface area contributed by atoms with E-state index in [0.29, 0.717) is 67.1 Å². The maximum atomic E-state index is 12.5. The molecule has 4 aromatic carbocycles. The first-order chi connectivity index (χ1) is 25.1. The van der Waals surface area contributed by atoms with Gasteiger partial charge in [-0.3, -0.25) is 0 Å². The number of aromatic carboxylic acids is 2. The Balaban J connectivity index is 1.47. The molecule has 2 N–H and O–H groups in total. The quantitative estimate of drug-likeness (QED) is 0.0590. The summed E-state index contributed by atoms with van der Waals surface area (Å²) in [6.45, 7) is 9.88. The van der Waals surface area contributed by atoms with Crippen molar-refractivity contribution < 1.29 is 48.3 Å². The molecule has 10 nitrogen and oxygen atoms in total. The van der Waals surface area contributed by atoms with E-state index in [2.05, 4.69) is 13.2 Å². The van der Waals surface area contributed by atoms with E-state index in [1.165, 1.54) is 6.07 Å². The molecule has 0 aromatic heterocycles. The van der Waals surface area contributed by atoms with Gasteiger partial charge in [0, 0.05) is 23.6 Å². The number of carboxylic acid groups (broad SMARTS) is 2. The summed E-state index contributed by atoms with van der Waals surface area (Å²) in [6.07, 6.45) is 6.66. The summed E-state index contributed by atoms with van der Waals surface area (Å²) in [6, 6.07) is 19.6. The molecule has 0 saturated heterocycles. The van der Waals surface area contributed by atoms with Gasteiger partial charge >= 0.3 is 23.9 Å². The van der Waals surface area contributed by atoms with Gasteiger partial charge in [0.25, 0.3) is 0 Å². The lowest BCUT2D eigenvalue weighted by molar-refractivity contribution is -0.138. The molecule has 0 saturated carbocycles. The van der Waals surface area contributed by atoms with Crippen molar-refractivity contribution in [2.75, 3.05) is 26.4 Å². The maximum absolute atomic E-state index is 12.5. The third kappa shape index (κ3) is 8.58. The Labute approximate surface area is 301 Å². The lowest BCUT2D eigenvalue weighted by Crippen LogP contribution is -2.14. The Morgan fingerprint density at radius 3 is 1.85 bits per heavy atom. The summed E-state index contributed by atoms with van der Waals surface area (Å²) in [5, 5.41) is 22.2. The van der Waals surface area contributed by atoms with Crippen molar-refractivity contribution in [3.63, 3.8) is 0 Å². The predicted molar refractivity (Wildman–Crippen MR) is 197 cm³/mol. The molecule has 52 heavy (non-hydrogen) atoms. The van der Waals surface area contributed by atoms with Gasteiger partial charge in [0.1, 0.15) is 11.5 Å². The summed E-state index contributed by atoms with van der Waals surface area (Å²) < 4.78 is 22.0. The molecule has 0 spiro atoms. The minimum absolute atomic E-state index is 0.113. The third-order valence-corrected chi connectivity index (χ3v) is 8.77. The highest BCUT2D eigenvalue weighted by molar-refractivity contribution is 6.06. The second-order valence-corrected chi connectivity index (χ2v) is 12.2. The first-order valence-corrected chi connectivity index (χ1v) is 17.0. The molecule has 0 amide bonds. The van der Waals surface area contributed by atoms with Crippen LogP contribution in [0.5, 0.6) is 11.5 Å². The van der Waals surface area contributed by atoms with E-state index in [-0.39, 0.29) is 24.3 Å². The molecule has 1 aliphatic carbocycles. The maximum Gasteiger partial charge on any atom is 0.336 e. The lowest BCUT2D eigenvalue weighted by Gasteiger charge is -2.29. The van der Waals surface area contributed by atoms with Crippen molar-refractivity contribution >= 4 is 40.7 Å². The number of carbonyl (C=O) groups excluding carboxylic acids is 2. The van der Waals surface area contributed by atoms with Crippen molar-refractivity contribution in [1.82, 2.24) is 0 Å². The van der Waals surface area contributed by atoms with Gasteiger partial charge in [-0.15, -0.1) is 0 Å². The first kappa shape index (κ1) is 37.1. The van der Waals surface area contributed by atoms with E-state index in [1.807, 2.05) is 43.3 Å². The fraction of sp³-hybridized carbons (Fsp3) is 0.238. The normalized spacial score (nSPS) is 13.1. The average molecular weight is 705 g/mol. The highest BCUT2D eigenvalue weighted by atomic mass is 16.5. The SMILES string of the molecule is C=CC(=O)OCCCCOc1ccc(C(=O)O)c(-c2ccc3cccc4c3c2C=C(C)C4c2cc(OCCCCOC(=O)C=C)ccc2C(=O)O)c1. The zero-order valence-electron chi connectivity index (χ0n) is 28.9. The van der Waals surface area contributed by atoms with Crippen molar-refractivity contribution in [2.45, 2.75) is 38.5 Å². The number of allylic oxidation sites excluding steroid dienone is 1. The van der Waals surface area contributed by atoms with Crippen LogP contribution in [-0.2, 0) is 19.1 Å². The fourth-order valence-electron chi connectivity index (χ4n) is 6.37. The number of carbonyl (C=O) groups is 4. The Hall–Kier alpha value is -6.16. The molecule has 0 bridgehead atoms. The van der Waals surface area contributed by atoms with E-state index >= 15 is 0 Å². The van der Waals surface area contributed by atoms with Crippen LogP contribution in [0.25, 0.3) is 28.0 Å². The molecule has 5 rings (SSSR count). The minimum Gasteiger partial charge on any atom is -0.494 e. The van der Waals surface area contributed by atoms with Crippen molar-refractivity contribution in [1.29, 1.82) is 0 Å². The highest BCUT2D eigenvalue weighted by Gasteiger charge is 2.30. The number of hydrogen-bond donors (Lipinski definition) is 2. The summed E-state index contributed by atoms with van der Waals surface area (Å²) in [5.74, 6) is -2.51. The molecule has 1 atom stereocenters. The number of hydrogen-bond acceptors (Lipinski definition) is 8. The second-order valence-electron chi connectivity index (χ2n) is 12.2. The van der Waals surface area contributed by atoms with Gasteiger partial charge in [-0.1, -0.05) is 55.1 Å². The summed E-state index contributed by atoms with van der Waals surface area (Å²) in [4.78, 5) is 47.5. The summed E-state index contributed by atoms with van der Waals surface area (Å²) >= 11 is 0. The van der Waals surface area contributed by atoms with E-state index in [1.54, 1.807) is 30.3 Å². The van der Waals surface area contributed by atoms with Crippen LogP contribution in [0.3, 0.4) is 0 Å². The molecule has 268 valence electrons. The number of benzene rings is 4. The number of unbranched alkanes of at least 4 members (excludes halogenated alkanes) is 2. The number of esters is 2. The van der Waals surface area contributed by atoms with Gasteiger partial charge in [0.2, 0.25) is 0 Å². The van der Waals surface area contributed by atoms with Crippen LogP contribution in [0, 0.1) is 0 Å². The van der Waals surface area contributed by atoms with Crippen LogP contribution in [-0.4, -0.2) is 60.5 Å². The molecule has 10 heteroatoms. The number of rotatable bonds is 18. The van der Waals surface area contributed by atoms with E-state index in [9.17, 15) is 29.4 Å². The Bertz CT molecular complexity index is 2060. The smallest absolute Gasteiger partial charge is 0.336 e. The van der Waals surface area contributed by atoms with Crippen molar-refractivity contribution in [3.05, 3.63) is 125 Å². The van der Waals surface area contributed by atoms with Crippen LogP contribution in [0.15, 0.2) is 97.6 Å². The molecule has 4 aromatic rings. The standard InChI is InChI=1S/C42H40O10/c1-4-37(43)51-21-8-6-19-49-28-14-17-31(41(45)46)34(24-28)30-16-13-27-11-10-12-33-39(26(3)23-35(30)40(27)33)36-25-29(15-18-32(36)42(47)48)50-20-7-9-22-52-38(44)5-2/h4-5,10-18,23-25,39H,1-2,6-9,19-22H2,3H3,(H,45,46)(H,47,48). The molecule has 0 fully saturated rings. The van der Waals surface area contributed by atoms with Crippen LogP contribution in [0.4, 0.5) is 0 Å². The first-order valence-electron chi connectivity index (χ1n) is 17.0. The zero-order chi connectivity index (χ0) is 37.2. The molecule has 0 heterocycles. The van der Waals surface area contributed by atoms with E-state index in [0.717, 1.165) is 39.6 Å². The number of carboxylic acids is 2. The van der Waals surface area contributed by atoms with E-state index < -0.39 is 29.8 Å². The van der Waals surface area contributed by atoms with Crippen LogP contribution < -0.4 is 9.47 Å². The van der Waals surface area contributed by atoms with E-state index in [4.69, 9.17) is 18.9 Å². The molecule has 1 unspecified atom stereocenters. The predicted octanol–water partition coefficient (Wildman–Crippen LogP) is 8.23. The van der Waals surface area contributed by atoms with Crippen LogP contribution in [0.2, 0.25) is 0 Å². The van der Waals surface area contributed by atoms with Gasteiger partial charge in [0.05, 0.1) is 37.6 Å². The minimum atomic E-state index is -1.08. The van der Waals surface area contributed by atoms with Gasteiger partial charge in [-0.05, 0) is 102 Å². The molecular formula is C42H40O10. The molecule has 0 aliphatic heterocycles. The molecular weight excluding hydrogens is 664 g/mol. The molecule has 1 aliphatic rings. The summed E-state index contributed by atoms with van der Waals surface area (Å²) in [7, 11) is 0. The highest BCUT2D eigenvalue weighted by Crippen LogP contribution is 2.47. The summed E-state index contributed by atoms with van der Waals surface area (Å²) in [5.41, 5.74) is 4.61. The van der Waals surface area contributed by atoms with Crippen LogP contribution >= 0.6 is 0 Å². The fourth-order valence-corrected chi connectivity index (χ4v) is 6.37. The third-order valence-electron chi connectivity index (χ3n) is 8.77. The Morgan fingerprint density at radius 1 is 0.673 bits per heavy atom. The van der Waals surface area contributed by atoms with Crippen LogP contribution in [0.1, 0.15) is 75.9 Å². The zero-order valence-corrected chi connectivity index (χ0v) is 28.9. The lowest BCUT2D eigenvalue weighted by atomic mass is 9.75. The number of ether oxygens (including phenoxy) is 4. The van der Waals surface area contributed by atoms with Gasteiger partial charge in [-0.2, -0.15) is 0 Å². The van der Waals surface area contributed by atoms with Gasteiger partial charge in [-0.25, -0.2) is 19.2 Å². The topological polar surface area (TPSA) is 146 Å². The molecule has 0 radical (unpaired) electrons. The van der Waals surface area contributed by atoms with Crippen molar-refractivity contribution in [3.8, 4) is 22.6 Å². The monoisotopic (exact) mass is 704 g/mol. The van der Waals surface area contributed by atoms with Gasteiger partial charge < -0.3 is 29.2 Å². The Kier molecular flexibility index (Phi) is 12.3. The second kappa shape index (κ2) is 17.2. The Morgan fingerprint density at radius 2 is 1.25 bits per heavy atom. The van der Waals surface area contributed by atoms with Crippen molar-refractivity contribution in [2.24, 2.45) is 0 Å². The average Bonchev–Trinajstić information content (AvgIpc) is 3.14. The van der Waals surface area contributed by atoms with Gasteiger partial charge in [0.15, 0.2) is 0 Å².